The van der Waals surface area contributed by atoms with Crippen molar-refractivity contribution in [3.63, 3.8) is 0 Å². The monoisotopic (exact) mass is 369 g/mol. The first-order valence-corrected chi connectivity index (χ1v) is 8.83. The van der Waals surface area contributed by atoms with Gasteiger partial charge in [0.25, 0.3) is 5.91 Å². The third-order valence-electron chi connectivity index (χ3n) is 4.45. The van der Waals surface area contributed by atoms with Crippen LogP contribution in [0.25, 0.3) is 11.4 Å². The molecule has 8 nitrogen and oxygen atoms in total. The van der Waals surface area contributed by atoms with E-state index in [0.717, 1.165) is 12.0 Å². The predicted octanol–water partition coefficient (Wildman–Crippen LogP) is 1.05. The summed E-state index contributed by atoms with van der Waals surface area (Å²) in [6.07, 6.45) is 2.33. The molecule has 1 fully saturated rings. The van der Waals surface area contributed by atoms with Gasteiger partial charge in [0.05, 0.1) is 0 Å². The van der Waals surface area contributed by atoms with Crippen LogP contribution >= 0.6 is 0 Å². The van der Waals surface area contributed by atoms with Crippen molar-refractivity contribution >= 4 is 17.6 Å². The van der Waals surface area contributed by atoms with Gasteiger partial charge >= 0.3 is 0 Å². The molecule has 142 valence electrons. The summed E-state index contributed by atoms with van der Waals surface area (Å²) >= 11 is 0. The van der Waals surface area contributed by atoms with Crippen molar-refractivity contribution < 1.29 is 14.3 Å². The van der Waals surface area contributed by atoms with E-state index in [1.165, 1.54) is 7.11 Å². The number of anilines is 1. The minimum absolute atomic E-state index is 0.0485. The Bertz CT molecular complexity index is 826. The molecule has 0 radical (unpaired) electrons. The molecule has 1 aliphatic rings. The number of rotatable bonds is 4. The minimum Gasteiger partial charge on any atom is -0.384 e. The highest BCUT2D eigenvalue weighted by Crippen LogP contribution is 2.19. The number of nitrogens with zero attached hydrogens (tertiary/aromatic N) is 4. The molecular weight excluding hydrogens is 346 g/mol. The number of hydrogen-bond donors (Lipinski definition) is 1. The van der Waals surface area contributed by atoms with Gasteiger partial charge in [-0.15, -0.1) is 0 Å². The summed E-state index contributed by atoms with van der Waals surface area (Å²) in [6, 6.07) is 8.82. The first-order chi connectivity index (χ1) is 13.1. The van der Waals surface area contributed by atoms with E-state index in [2.05, 4.69) is 9.97 Å². The number of nitrogens with two attached hydrogens (primary N) is 1. The average molecular weight is 369 g/mol. The second-order valence-electron chi connectivity index (χ2n) is 6.35. The summed E-state index contributed by atoms with van der Waals surface area (Å²) < 4.78 is 4.91. The summed E-state index contributed by atoms with van der Waals surface area (Å²) in [5, 5.41) is 0. The molecule has 1 aromatic heterocycles. The Morgan fingerprint density at radius 1 is 1.15 bits per heavy atom. The zero-order chi connectivity index (χ0) is 19.2. The number of aromatic nitrogens is 2. The molecule has 2 aromatic rings. The molecule has 2 N–H and O–H groups in total. The second kappa shape index (κ2) is 8.59. The normalized spacial score (nSPS) is 14.7. The van der Waals surface area contributed by atoms with Crippen molar-refractivity contribution in [2.75, 3.05) is 45.6 Å². The second-order valence-corrected chi connectivity index (χ2v) is 6.35. The highest BCUT2D eigenvalue weighted by atomic mass is 16.5. The topological polar surface area (TPSA) is 102 Å². The SMILES string of the molecule is COCC(=O)N1CCCN(C(=O)c2cccc(-c3nccc(N)n3)c2)CC1. The van der Waals surface area contributed by atoms with Gasteiger partial charge in [0, 0.05) is 50.6 Å². The predicted molar refractivity (Wildman–Crippen MR) is 101 cm³/mol. The van der Waals surface area contributed by atoms with Gasteiger partial charge in [-0.05, 0) is 24.6 Å². The van der Waals surface area contributed by atoms with Gasteiger partial charge in [0.1, 0.15) is 12.4 Å². The molecule has 2 amide bonds. The highest BCUT2D eigenvalue weighted by molar-refractivity contribution is 5.95. The summed E-state index contributed by atoms with van der Waals surface area (Å²) in [5.74, 6) is 0.747. The van der Waals surface area contributed by atoms with Crippen molar-refractivity contribution in [1.82, 2.24) is 19.8 Å². The van der Waals surface area contributed by atoms with Crippen LogP contribution in [0.2, 0.25) is 0 Å². The lowest BCUT2D eigenvalue weighted by molar-refractivity contribution is -0.135. The van der Waals surface area contributed by atoms with E-state index in [1.807, 2.05) is 6.07 Å². The van der Waals surface area contributed by atoms with Crippen LogP contribution in [0.4, 0.5) is 5.82 Å². The van der Waals surface area contributed by atoms with Crippen molar-refractivity contribution in [3.8, 4) is 11.4 Å². The molecule has 0 aliphatic carbocycles. The maximum atomic E-state index is 12.9. The molecule has 0 atom stereocenters. The average Bonchev–Trinajstić information content (AvgIpc) is 2.94. The Morgan fingerprint density at radius 3 is 2.70 bits per heavy atom. The van der Waals surface area contributed by atoms with Crippen LogP contribution in [0.5, 0.6) is 0 Å². The molecular formula is C19H23N5O3. The molecule has 1 aliphatic heterocycles. The Labute approximate surface area is 158 Å². The standard InChI is InChI=1S/C19H23N5O3/c1-27-13-17(25)23-8-3-9-24(11-10-23)19(26)15-5-2-4-14(12-15)18-21-7-6-16(20)22-18/h2,4-7,12H,3,8-11,13H2,1H3,(H2,20,21,22). The lowest BCUT2D eigenvalue weighted by Gasteiger charge is -2.22. The Kier molecular flexibility index (Phi) is 5.97. The third-order valence-corrected chi connectivity index (χ3v) is 4.45. The highest BCUT2D eigenvalue weighted by Gasteiger charge is 2.23. The van der Waals surface area contributed by atoms with Crippen molar-refractivity contribution in [2.24, 2.45) is 0 Å². The molecule has 0 saturated carbocycles. The fourth-order valence-corrected chi connectivity index (χ4v) is 3.07. The van der Waals surface area contributed by atoms with Crippen LogP contribution in [0.3, 0.4) is 0 Å². The third kappa shape index (κ3) is 4.59. The number of carbonyl (C=O) groups excluding carboxylic acids is 2. The number of benzene rings is 1. The number of carbonyl (C=O) groups is 2. The first-order valence-electron chi connectivity index (χ1n) is 8.83. The Balaban J connectivity index is 1.72. The van der Waals surface area contributed by atoms with Crippen LogP contribution in [0.1, 0.15) is 16.8 Å². The van der Waals surface area contributed by atoms with Crippen molar-refractivity contribution in [3.05, 3.63) is 42.1 Å². The smallest absolute Gasteiger partial charge is 0.253 e. The van der Waals surface area contributed by atoms with Gasteiger partial charge < -0.3 is 20.3 Å². The minimum atomic E-state index is -0.0678. The van der Waals surface area contributed by atoms with Crippen molar-refractivity contribution in [1.29, 1.82) is 0 Å². The zero-order valence-corrected chi connectivity index (χ0v) is 15.3. The fraction of sp³-hybridized carbons (Fsp3) is 0.368. The van der Waals surface area contributed by atoms with E-state index in [9.17, 15) is 9.59 Å². The van der Waals surface area contributed by atoms with Crippen LogP contribution in [-0.4, -0.2) is 71.5 Å². The Hall–Kier alpha value is -3.00. The Morgan fingerprint density at radius 2 is 1.93 bits per heavy atom. The van der Waals surface area contributed by atoms with E-state index < -0.39 is 0 Å². The molecule has 3 rings (SSSR count). The van der Waals surface area contributed by atoms with E-state index in [1.54, 1.807) is 40.3 Å². The zero-order valence-electron chi connectivity index (χ0n) is 15.3. The van der Waals surface area contributed by atoms with Crippen molar-refractivity contribution in [2.45, 2.75) is 6.42 Å². The van der Waals surface area contributed by atoms with Crippen LogP contribution < -0.4 is 5.73 Å². The molecule has 27 heavy (non-hydrogen) atoms. The molecule has 1 aromatic carbocycles. The fourth-order valence-electron chi connectivity index (χ4n) is 3.07. The number of methoxy groups -OCH3 is 1. The quantitative estimate of drug-likeness (QED) is 0.864. The van der Waals surface area contributed by atoms with E-state index in [4.69, 9.17) is 10.5 Å². The van der Waals surface area contributed by atoms with Gasteiger partial charge in [-0.25, -0.2) is 9.97 Å². The van der Waals surface area contributed by atoms with E-state index in [0.29, 0.717) is 43.4 Å². The van der Waals surface area contributed by atoms with E-state index in [-0.39, 0.29) is 18.4 Å². The maximum Gasteiger partial charge on any atom is 0.253 e. The van der Waals surface area contributed by atoms with Crippen LogP contribution in [-0.2, 0) is 9.53 Å². The largest absolute Gasteiger partial charge is 0.384 e. The van der Waals surface area contributed by atoms with Gasteiger partial charge in [-0.3, -0.25) is 9.59 Å². The van der Waals surface area contributed by atoms with Gasteiger partial charge in [-0.2, -0.15) is 0 Å². The summed E-state index contributed by atoms with van der Waals surface area (Å²) in [6.45, 7) is 2.30. The maximum absolute atomic E-state index is 12.9. The molecule has 0 bridgehead atoms. The summed E-state index contributed by atoms with van der Waals surface area (Å²) in [4.78, 5) is 36.9. The molecule has 8 heteroatoms. The molecule has 0 spiro atoms. The van der Waals surface area contributed by atoms with Gasteiger partial charge in [0.15, 0.2) is 5.82 Å². The lowest BCUT2D eigenvalue weighted by Crippen LogP contribution is -2.38. The number of ether oxygens (including phenoxy) is 1. The number of amides is 2. The summed E-state index contributed by atoms with van der Waals surface area (Å²) in [5.41, 5.74) is 7.02. The number of hydrogen-bond acceptors (Lipinski definition) is 6. The van der Waals surface area contributed by atoms with Gasteiger partial charge in [0.2, 0.25) is 5.91 Å². The molecule has 2 heterocycles. The molecule has 0 unspecified atom stereocenters. The van der Waals surface area contributed by atoms with E-state index >= 15 is 0 Å². The van der Waals surface area contributed by atoms with Crippen LogP contribution in [0, 0.1) is 0 Å². The number of nitrogen functional groups attached to an aromatic ring is 1. The van der Waals surface area contributed by atoms with Crippen LogP contribution in [0.15, 0.2) is 36.5 Å². The first kappa shape index (κ1) is 18.8. The summed E-state index contributed by atoms with van der Waals surface area (Å²) in [7, 11) is 1.50. The van der Waals surface area contributed by atoms with Gasteiger partial charge in [-0.1, -0.05) is 12.1 Å². The molecule has 1 saturated heterocycles. The lowest BCUT2D eigenvalue weighted by atomic mass is 10.1.